The number of aryl methyl sites for hydroxylation is 2. The van der Waals surface area contributed by atoms with Crippen LogP contribution in [0.2, 0.25) is 0 Å². The van der Waals surface area contributed by atoms with E-state index >= 15 is 0 Å². The third-order valence-electron chi connectivity index (χ3n) is 2.97. The molecule has 0 saturated carbocycles. The quantitative estimate of drug-likeness (QED) is 0.702. The van der Waals surface area contributed by atoms with Crippen molar-refractivity contribution >= 4 is 0 Å². The standard InChI is InChI=1S/C15H14N4/c1-11-14(15-8-9-16-12(2)17-15)10-19(18-11)13-6-4-3-5-7-13/h3-10H,1-2H3. The van der Waals surface area contributed by atoms with Crippen LogP contribution in [-0.4, -0.2) is 19.7 Å². The van der Waals surface area contributed by atoms with Gasteiger partial charge in [0.2, 0.25) is 0 Å². The van der Waals surface area contributed by atoms with E-state index in [-0.39, 0.29) is 0 Å². The van der Waals surface area contributed by atoms with Crippen LogP contribution in [0.1, 0.15) is 11.5 Å². The van der Waals surface area contributed by atoms with Gasteiger partial charge in [0.05, 0.1) is 17.1 Å². The Hall–Kier alpha value is -2.49. The average Bonchev–Trinajstić information content (AvgIpc) is 2.82. The van der Waals surface area contributed by atoms with Gasteiger partial charge < -0.3 is 0 Å². The normalized spacial score (nSPS) is 10.6. The Kier molecular flexibility index (Phi) is 2.83. The highest BCUT2D eigenvalue weighted by Gasteiger charge is 2.09. The topological polar surface area (TPSA) is 43.6 Å². The fourth-order valence-electron chi connectivity index (χ4n) is 2.03. The second-order valence-corrected chi connectivity index (χ2v) is 4.40. The van der Waals surface area contributed by atoms with E-state index in [1.165, 1.54) is 0 Å². The van der Waals surface area contributed by atoms with Gasteiger partial charge >= 0.3 is 0 Å². The molecule has 0 aliphatic heterocycles. The minimum atomic E-state index is 0.768. The summed E-state index contributed by atoms with van der Waals surface area (Å²) in [6.45, 7) is 3.88. The van der Waals surface area contributed by atoms with Gasteiger partial charge in [-0.05, 0) is 32.0 Å². The molecule has 0 aliphatic carbocycles. The van der Waals surface area contributed by atoms with E-state index < -0.39 is 0 Å². The van der Waals surface area contributed by atoms with Crippen molar-refractivity contribution in [3.8, 4) is 16.9 Å². The second kappa shape index (κ2) is 4.65. The summed E-state index contributed by atoms with van der Waals surface area (Å²) in [6.07, 6.45) is 3.78. The lowest BCUT2D eigenvalue weighted by Gasteiger charge is -1.99. The first-order valence-electron chi connectivity index (χ1n) is 6.16. The van der Waals surface area contributed by atoms with Crippen molar-refractivity contribution < 1.29 is 0 Å². The first kappa shape index (κ1) is 11.6. The SMILES string of the molecule is Cc1nccc(-c2cn(-c3ccccc3)nc2C)n1. The average molecular weight is 250 g/mol. The molecule has 0 bridgehead atoms. The Morgan fingerprint density at radius 1 is 1.00 bits per heavy atom. The molecule has 0 radical (unpaired) electrons. The van der Waals surface area contributed by atoms with Gasteiger partial charge in [-0.3, -0.25) is 0 Å². The van der Waals surface area contributed by atoms with E-state index in [2.05, 4.69) is 15.1 Å². The van der Waals surface area contributed by atoms with Crippen LogP contribution in [0.25, 0.3) is 16.9 Å². The van der Waals surface area contributed by atoms with E-state index in [9.17, 15) is 0 Å². The summed E-state index contributed by atoms with van der Waals surface area (Å²) in [4.78, 5) is 8.57. The lowest BCUT2D eigenvalue weighted by molar-refractivity contribution is 0.863. The van der Waals surface area contributed by atoms with Crippen molar-refractivity contribution in [2.75, 3.05) is 0 Å². The first-order chi connectivity index (χ1) is 9.24. The van der Waals surface area contributed by atoms with Gasteiger partial charge in [0.15, 0.2) is 0 Å². The minimum Gasteiger partial charge on any atom is -0.242 e. The molecule has 2 heterocycles. The van der Waals surface area contributed by atoms with Crippen LogP contribution in [0, 0.1) is 13.8 Å². The van der Waals surface area contributed by atoms with Crippen molar-refractivity contribution in [1.82, 2.24) is 19.7 Å². The maximum absolute atomic E-state index is 4.54. The van der Waals surface area contributed by atoms with Crippen molar-refractivity contribution in [2.45, 2.75) is 13.8 Å². The predicted octanol–water partition coefficient (Wildman–Crippen LogP) is 2.95. The predicted molar refractivity (Wildman–Crippen MR) is 74.1 cm³/mol. The van der Waals surface area contributed by atoms with Gasteiger partial charge in [-0.25, -0.2) is 14.6 Å². The minimum absolute atomic E-state index is 0.768. The van der Waals surface area contributed by atoms with Crippen molar-refractivity contribution in [1.29, 1.82) is 0 Å². The lowest BCUT2D eigenvalue weighted by Crippen LogP contribution is -1.93. The Labute approximate surface area is 111 Å². The molecule has 94 valence electrons. The molecule has 0 spiro atoms. The van der Waals surface area contributed by atoms with Crippen molar-refractivity contribution in [3.05, 3.63) is 60.3 Å². The highest BCUT2D eigenvalue weighted by atomic mass is 15.3. The summed E-state index contributed by atoms with van der Waals surface area (Å²) >= 11 is 0. The molecule has 3 aromatic rings. The highest BCUT2D eigenvalue weighted by Crippen LogP contribution is 2.21. The zero-order chi connectivity index (χ0) is 13.2. The molecule has 4 heteroatoms. The third kappa shape index (κ3) is 2.25. The molecular weight excluding hydrogens is 236 g/mol. The van der Waals surface area contributed by atoms with Gasteiger partial charge in [-0.15, -0.1) is 0 Å². The van der Waals surface area contributed by atoms with E-state index in [0.29, 0.717) is 0 Å². The van der Waals surface area contributed by atoms with Crippen molar-refractivity contribution in [2.24, 2.45) is 0 Å². The molecule has 4 nitrogen and oxygen atoms in total. The number of para-hydroxylation sites is 1. The number of nitrogens with zero attached hydrogens (tertiary/aromatic N) is 4. The zero-order valence-electron chi connectivity index (χ0n) is 10.9. The molecule has 1 aromatic carbocycles. The smallest absolute Gasteiger partial charge is 0.125 e. The van der Waals surface area contributed by atoms with Crippen molar-refractivity contribution in [3.63, 3.8) is 0 Å². The van der Waals surface area contributed by atoms with Gasteiger partial charge in [0, 0.05) is 18.0 Å². The van der Waals surface area contributed by atoms with Crippen LogP contribution in [0.3, 0.4) is 0 Å². The number of hydrogen-bond donors (Lipinski definition) is 0. The molecule has 0 unspecified atom stereocenters. The van der Waals surface area contributed by atoms with Gasteiger partial charge in [-0.1, -0.05) is 18.2 Å². The Morgan fingerprint density at radius 2 is 1.79 bits per heavy atom. The fraction of sp³-hybridized carbons (Fsp3) is 0.133. The number of aromatic nitrogens is 4. The third-order valence-corrected chi connectivity index (χ3v) is 2.97. The van der Waals surface area contributed by atoms with Crippen LogP contribution in [0.4, 0.5) is 0 Å². The number of hydrogen-bond acceptors (Lipinski definition) is 3. The maximum Gasteiger partial charge on any atom is 0.125 e. The molecule has 19 heavy (non-hydrogen) atoms. The summed E-state index contributed by atoms with van der Waals surface area (Å²) in [7, 11) is 0. The van der Waals surface area contributed by atoms with E-state index in [0.717, 1.165) is 28.5 Å². The lowest BCUT2D eigenvalue weighted by atomic mass is 10.2. The number of benzene rings is 1. The van der Waals surface area contributed by atoms with E-state index in [4.69, 9.17) is 0 Å². The largest absolute Gasteiger partial charge is 0.242 e. The molecule has 0 saturated heterocycles. The first-order valence-corrected chi connectivity index (χ1v) is 6.16. The molecule has 0 atom stereocenters. The summed E-state index contributed by atoms with van der Waals surface area (Å²) in [5.74, 6) is 0.768. The second-order valence-electron chi connectivity index (χ2n) is 4.40. The molecule has 0 fully saturated rings. The summed E-state index contributed by atoms with van der Waals surface area (Å²) in [5.41, 5.74) is 3.95. The van der Waals surface area contributed by atoms with Gasteiger partial charge in [-0.2, -0.15) is 5.10 Å². The Balaban J connectivity index is 2.08. The fourth-order valence-corrected chi connectivity index (χ4v) is 2.03. The van der Waals surface area contributed by atoms with Gasteiger partial charge in [0.25, 0.3) is 0 Å². The van der Waals surface area contributed by atoms with E-state index in [1.54, 1.807) is 6.20 Å². The summed E-state index contributed by atoms with van der Waals surface area (Å²) in [6, 6.07) is 12.0. The Bertz CT molecular complexity index is 701. The number of rotatable bonds is 2. The highest BCUT2D eigenvalue weighted by molar-refractivity contribution is 5.61. The molecule has 0 aliphatic rings. The van der Waals surface area contributed by atoms with Crippen LogP contribution < -0.4 is 0 Å². The van der Waals surface area contributed by atoms with E-state index in [1.807, 2.05) is 61.1 Å². The Morgan fingerprint density at radius 3 is 2.53 bits per heavy atom. The zero-order valence-corrected chi connectivity index (χ0v) is 10.9. The van der Waals surface area contributed by atoms with Crippen LogP contribution >= 0.6 is 0 Å². The van der Waals surface area contributed by atoms with Crippen LogP contribution in [0.15, 0.2) is 48.8 Å². The maximum atomic E-state index is 4.54. The molecule has 0 N–H and O–H groups in total. The summed E-state index contributed by atoms with van der Waals surface area (Å²) in [5, 5.41) is 4.54. The molecule has 0 amide bonds. The summed E-state index contributed by atoms with van der Waals surface area (Å²) < 4.78 is 1.88. The molecular formula is C15H14N4. The molecule has 2 aromatic heterocycles. The van der Waals surface area contributed by atoms with Crippen LogP contribution in [0.5, 0.6) is 0 Å². The molecule has 3 rings (SSSR count). The van der Waals surface area contributed by atoms with Crippen LogP contribution in [-0.2, 0) is 0 Å². The van der Waals surface area contributed by atoms with Gasteiger partial charge in [0.1, 0.15) is 5.82 Å². The monoisotopic (exact) mass is 250 g/mol.